The van der Waals surface area contributed by atoms with Crippen LogP contribution in [0.3, 0.4) is 0 Å². The molecular weight excluding hydrogens is 378 g/mol. The van der Waals surface area contributed by atoms with Gasteiger partial charge in [-0.15, -0.1) is 0 Å². The number of amides is 3. The molecule has 0 aliphatic rings. The number of nitrogens with two attached hydrogens (primary N) is 1. The largest absolute Gasteiger partial charge is 0.456 e. The summed E-state index contributed by atoms with van der Waals surface area (Å²) < 4.78 is 5.86. The number of primary amides is 1. The fraction of sp³-hybridized carbons (Fsp3) is 0.438. The van der Waals surface area contributed by atoms with Gasteiger partial charge in [0.15, 0.2) is 6.61 Å². The van der Waals surface area contributed by atoms with E-state index in [1.54, 1.807) is 6.07 Å². The highest BCUT2D eigenvalue weighted by Gasteiger charge is 2.09. The predicted octanol–water partition coefficient (Wildman–Crippen LogP) is 2.47. The number of urea groups is 1. The molecule has 0 unspecified atom stereocenters. The predicted molar refractivity (Wildman–Crippen MR) is 94.5 cm³/mol. The fourth-order valence-corrected chi connectivity index (χ4v) is 2.43. The van der Waals surface area contributed by atoms with Crippen molar-refractivity contribution in [1.29, 1.82) is 0 Å². The van der Waals surface area contributed by atoms with Crippen LogP contribution in [0.5, 0.6) is 0 Å². The summed E-state index contributed by atoms with van der Waals surface area (Å²) in [7, 11) is 0. The highest BCUT2D eigenvalue weighted by molar-refractivity contribution is 9.10. The summed E-state index contributed by atoms with van der Waals surface area (Å²) in [5, 5.41) is 5.17. The van der Waals surface area contributed by atoms with Crippen molar-refractivity contribution >= 4 is 39.5 Å². The van der Waals surface area contributed by atoms with Crippen molar-refractivity contribution in [1.82, 2.24) is 5.32 Å². The third-order valence-electron chi connectivity index (χ3n) is 3.18. The smallest absolute Gasteiger partial charge is 0.312 e. The zero-order valence-corrected chi connectivity index (χ0v) is 15.1. The Morgan fingerprint density at radius 2 is 1.96 bits per heavy atom. The molecule has 132 valence electrons. The number of hydrogen-bond donors (Lipinski definition) is 3. The summed E-state index contributed by atoms with van der Waals surface area (Å²) >= 11 is 3.35. The number of aryl methyl sites for hydroxylation is 1. The van der Waals surface area contributed by atoms with Gasteiger partial charge in [-0.05, 0) is 43.5 Å². The van der Waals surface area contributed by atoms with E-state index < -0.39 is 12.0 Å². The van der Waals surface area contributed by atoms with E-state index in [2.05, 4.69) is 26.6 Å². The van der Waals surface area contributed by atoms with Crippen molar-refractivity contribution in [2.24, 2.45) is 5.73 Å². The van der Waals surface area contributed by atoms with Crippen LogP contribution in [-0.4, -0.2) is 31.1 Å². The number of benzene rings is 1. The Balaban J connectivity index is 2.17. The number of nitrogens with one attached hydrogen (secondary N) is 2. The molecule has 1 aromatic carbocycles. The molecular formula is C16H22BrN3O4. The molecule has 24 heavy (non-hydrogen) atoms. The second-order valence-electron chi connectivity index (χ2n) is 5.27. The lowest BCUT2D eigenvalue weighted by Crippen LogP contribution is -2.29. The van der Waals surface area contributed by atoms with Gasteiger partial charge in [-0.2, -0.15) is 0 Å². The Labute approximate surface area is 149 Å². The first-order chi connectivity index (χ1) is 11.4. The quantitative estimate of drug-likeness (QED) is 0.437. The van der Waals surface area contributed by atoms with Crippen LogP contribution in [0.4, 0.5) is 10.5 Å². The van der Waals surface area contributed by atoms with Gasteiger partial charge in [0.1, 0.15) is 0 Å². The zero-order chi connectivity index (χ0) is 17.9. The molecule has 0 atom stereocenters. The van der Waals surface area contributed by atoms with Crippen LogP contribution < -0.4 is 16.4 Å². The van der Waals surface area contributed by atoms with E-state index in [0.29, 0.717) is 18.7 Å². The highest BCUT2D eigenvalue weighted by atomic mass is 79.9. The van der Waals surface area contributed by atoms with Gasteiger partial charge in [-0.25, -0.2) is 4.79 Å². The van der Waals surface area contributed by atoms with Crippen molar-refractivity contribution < 1.29 is 19.1 Å². The lowest BCUT2D eigenvalue weighted by molar-refractivity contribution is -0.147. The third kappa shape index (κ3) is 8.52. The van der Waals surface area contributed by atoms with Gasteiger partial charge in [-0.3, -0.25) is 9.59 Å². The SMILES string of the molecule is Cc1cc(Br)ccc1NC(=O)COC(=O)CCCCCNC(N)=O. The van der Waals surface area contributed by atoms with Crippen molar-refractivity contribution in [3.8, 4) is 0 Å². The summed E-state index contributed by atoms with van der Waals surface area (Å²) in [5.74, 6) is -0.792. The lowest BCUT2D eigenvalue weighted by atomic mass is 10.2. The minimum atomic E-state index is -0.554. The first-order valence-corrected chi connectivity index (χ1v) is 8.42. The Bertz CT molecular complexity index is 593. The minimum absolute atomic E-state index is 0.237. The molecule has 0 heterocycles. The molecule has 0 spiro atoms. The van der Waals surface area contributed by atoms with E-state index in [1.165, 1.54) is 0 Å². The van der Waals surface area contributed by atoms with E-state index in [-0.39, 0.29) is 18.9 Å². The molecule has 1 aromatic rings. The van der Waals surface area contributed by atoms with Gasteiger partial charge in [-0.1, -0.05) is 22.4 Å². The Morgan fingerprint density at radius 3 is 2.62 bits per heavy atom. The molecule has 0 aliphatic heterocycles. The topological polar surface area (TPSA) is 111 Å². The molecule has 0 radical (unpaired) electrons. The van der Waals surface area contributed by atoms with Crippen molar-refractivity contribution in [3.05, 3.63) is 28.2 Å². The summed E-state index contributed by atoms with van der Waals surface area (Å²) in [5.41, 5.74) is 6.52. The molecule has 3 amide bonds. The van der Waals surface area contributed by atoms with Crippen LogP contribution in [-0.2, 0) is 14.3 Å². The average molecular weight is 400 g/mol. The molecule has 0 saturated carbocycles. The number of carbonyl (C=O) groups is 3. The second-order valence-corrected chi connectivity index (χ2v) is 6.19. The van der Waals surface area contributed by atoms with E-state index in [0.717, 1.165) is 22.9 Å². The van der Waals surface area contributed by atoms with Crippen LogP contribution >= 0.6 is 15.9 Å². The van der Waals surface area contributed by atoms with Crippen molar-refractivity contribution in [2.45, 2.75) is 32.6 Å². The normalized spacial score (nSPS) is 10.1. The standard InChI is InChI=1S/C16H22BrN3O4/c1-11-9-12(17)6-7-13(11)20-14(21)10-24-15(22)5-3-2-4-8-19-16(18)23/h6-7,9H,2-5,8,10H2,1H3,(H,20,21)(H3,18,19,23). The Kier molecular flexibility index (Phi) is 8.85. The molecule has 0 bridgehead atoms. The summed E-state index contributed by atoms with van der Waals surface area (Å²) in [4.78, 5) is 33.8. The highest BCUT2D eigenvalue weighted by Crippen LogP contribution is 2.19. The van der Waals surface area contributed by atoms with E-state index in [9.17, 15) is 14.4 Å². The maximum Gasteiger partial charge on any atom is 0.312 e. The zero-order valence-electron chi connectivity index (χ0n) is 13.6. The Morgan fingerprint density at radius 1 is 1.21 bits per heavy atom. The van der Waals surface area contributed by atoms with Crippen molar-refractivity contribution in [3.63, 3.8) is 0 Å². The molecule has 0 aliphatic carbocycles. The van der Waals surface area contributed by atoms with E-state index >= 15 is 0 Å². The van der Waals surface area contributed by atoms with E-state index in [4.69, 9.17) is 10.5 Å². The van der Waals surface area contributed by atoms with Gasteiger partial charge >= 0.3 is 12.0 Å². The second kappa shape index (κ2) is 10.6. The number of rotatable bonds is 9. The number of esters is 1. The third-order valence-corrected chi connectivity index (χ3v) is 3.68. The minimum Gasteiger partial charge on any atom is -0.456 e. The number of unbranched alkanes of at least 4 members (excludes halogenated alkanes) is 2. The van der Waals surface area contributed by atoms with Crippen LogP contribution in [0.25, 0.3) is 0 Å². The van der Waals surface area contributed by atoms with Crippen LogP contribution in [0.15, 0.2) is 22.7 Å². The number of ether oxygens (including phenoxy) is 1. The molecule has 0 aromatic heterocycles. The number of carbonyl (C=O) groups excluding carboxylic acids is 3. The summed E-state index contributed by atoms with van der Waals surface area (Å²) in [6.45, 7) is 2.05. The van der Waals surface area contributed by atoms with Gasteiger partial charge < -0.3 is 21.1 Å². The van der Waals surface area contributed by atoms with Gasteiger partial charge in [0.05, 0.1) is 0 Å². The average Bonchev–Trinajstić information content (AvgIpc) is 2.51. The lowest BCUT2D eigenvalue weighted by Gasteiger charge is -2.09. The molecule has 7 nitrogen and oxygen atoms in total. The summed E-state index contributed by atoms with van der Waals surface area (Å²) in [6, 6.07) is 4.93. The molecule has 1 rings (SSSR count). The molecule has 0 fully saturated rings. The molecule has 4 N–H and O–H groups in total. The maximum absolute atomic E-state index is 11.8. The summed E-state index contributed by atoms with van der Waals surface area (Å²) in [6.07, 6.45) is 2.37. The number of anilines is 1. The van der Waals surface area contributed by atoms with Crippen LogP contribution in [0, 0.1) is 6.92 Å². The number of hydrogen-bond acceptors (Lipinski definition) is 4. The van der Waals surface area contributed by atoms with Crippen molar-refractivity contribution in [2.75, 3.05) is 18.5 Å². The monoisotopic (exact) mass is 399 g/mol. The molecule has 8 heteroatoms. The first kappa shape index (κ1) is 20.0. The fourth-order valence-electron chi connectivity index (χ4n) is 1.95. The van der Waals surface area contributed by atoms with Gasteiger partial charge in [0, 0.05) is 23.1 Å². The molecule has 0 saturated heterocycles. The number of halogens is 1. The Hall–Kier alpha value is -2.09. The maximum atomic E-state index is 11.8. The van der Waals surface area contributed by atoms with E-state index in [1.807, 2.05) is 19.1 Å². The first-order valence-electron chi connectivity index (χ1n) is 7.63. The van der Waals surface area contributed by atoms with Gasteiger partial charge in [0.25, 0.3) is 5.91 Å². The van der Waals surface area contributed by atoms with Crippen LogP contribution in [0.2, 0.25) is 0 Å². The van der Waals surface area contributed by atoms with Crippen LogP contribution in [0.1, 0.15) is 31.2 Å². The van der Waals surface area contributed by atoms with Gasteiger partial charge in [0.2, 0.25) is 0 Å².